The van der Waals surface area contributed by atoms with E-state index in [1.165, 1.54) is 0 Å². The highest BCUT2D eigenvalue weighted by Gasteiger charge is 2.29. The predicted octanol–water partition coefficient (Wildman–Crippen LogP) is 1.72. The van der Waals surface area contributed by atoms with Crippen LogP contribution in [-0.4, -0.2) is 29.0 Å². The van der Waals surface area contributed by atoms with Crippen molar-refractivity contribution in [3.8, 4) is 0 Å². The fraction of sp³-hybridized carbons (Fsp3) is 0.556. The van der Waals surface area contributed by atoms with Crippen LogP contribution in [0.2, 0.25) is 5.15 Å². The van der Waals surface area contributed by atoms with E-state index in [9.17, 15) is 0 Å². The third-order valence-electron chi connectivity index (χ3n) is 2.28. The molecule has 1 fully saturated rings. The quantitative estimate of drug-likeness (QED) is 0.813. The standard InChI is InChI=1S/C9H12ClN3O/c1-9(4-5-14-6-9)11-8-3-2-7(10)12-13-8/h2-3H,4-6H2,1H3,(H,11,13). The van der Waals surface area contributed by atoms with Gasteiger partial charge >= 0.3 is 0 Å². The lowest BCUT2D eigenvalue weighted by atomic mass is 10.0. The van der Waals surface area contributed by atoms with Gasteiger partial charge in [0.1, 0.15) is 5.82 Å². The van der Waals surface area contributed by atoms with Gasteiger partial charge in [-0.25, -0.2) is 0 Å². The molecule has 4 nitrogen and oxygen atoms in total. The second-order valence-corrected chi connectivity index (χ2v) is 4.12. The van der Waals surface area contributed by atoms with Gasteiger partial charge in [0.2, 0.25) is 0 Å². The van der Waals surface area contributed by atoms with Gasteiger partial charge in [-0.1, -0.05) is 11.6 Å². The summed E-state index contributed by atoms with van der Waals surface area (Å²) >= 11 is 5.64. The third kappa shape index (κ3) is 2.13. The summed E-state index contributed by atoms with van der Waals surface area (Å²) in [4.78, 5) is 0. The SMILES string of the molecule is CC1(Nc2ccc(Cl)nn2)CCOC1. The lowest BCUT2D eigenvalue weighted by Crippen LogP contribution is -2.35. The Bertz CT molecular complexity index is 308. The van der Waals surface area contributed by atoms with Crippen molar-refractivity contribution in [1.82, 2.24) is 10.2 Å². The summed E-state index contributed by atoms with van der Waals surface area (Å²) in [6, 6.07) is 3.54. The van der Waals surface area contributed by atoms with E-state index in [1.54, 1.807) is 6.07 Å². The van der Waals surface area contributed by atoms with Crippen molar-refractivity contribution in [2.45, 2.75) is 18.9 Å². The highest BCUT2D eigenvalue weighted by Crippen LogP contribution is 2.22. The molecule has 0 amide bonds. The van der Waals surface area contributed by atoms with E-state index in [2.05, 4.69) is 22.4 Å². The zero-order chi connectivity index (χ0) is 10.0. The first-order valence-electron chi connectivity index (χ1n) is 4.53. The van der Waals surface area contributed by atoms with Crippen LogP contribution in [0.1, 0.15) is 13.3 Å². The van der Waals surface area contributed by atoms with E-state index in [0.717, 1.165) is 18.8 Å². The molecule has 0 aliphatic carbocycles. The third-order valence-corrected chi connectivity index (χ3v) is 2.48. The molecule has 1 aliphatic rings. The molecule has 1 N–H and O–H groups in total. The lowest BCUT2D eigenvalue weighted by molar-refractivity contribution is 0.185. The molecule has 0 spiro atoms. The van der Waals surface area contributed by atoms with Gasteiger partial charge in [0.05, 0.1) is 12.1 Å². The smallest absolute Gasteiger partial charge is 0.151 e. The Hall–Kier alpha value is -0.870. The van der Waals surface area contributed by atoms with Crippen molar-refractivity contribution in [3.63, 3.8) is 0 Å². The highest BCUT2D eigenvalue weighted by atomic mass is 35.5. The summed E-state index contributed by atoms with van der Waals surface area (Å²) < 4.78 is 5.32. The second kappa shape index (κ2) is 3.71. The maximum absolute atomic E-state index is 5.64. The maximum Gasteiger partial charge on any atom is 0.151 e. The summed E-state index contributed by atoms with van der Waals surface area (Å²) in [5.41, 5.74) is -0.0253. The van der Waals surface area contributed by atoms with Crippen LogP contribution >= 0.6 is 11.6 Å². The number of halogens is 1. The van der Waals surface area contributed by atoms with Gasteiger partial charge in [0, 0.05) is 6.61 Å². The molecule has 2 rings (SSSR count). The lowest BCUT2D eigenvalue weighted by Gasteiger charge is -2.23. The number of rotatable bonds is 2. The predicted molar refractivity (Wildman–Crippen MR) is 54.5 cm³/mol. The topological polar surface area (TPSA) is 47.0 Å². The first kappa shape index (κ1) is 9.68. The average Bonchev–Trinajstić information content (AvgIpc) is 2.57. The molecule has 0 bridgehead atoms. The van der Waals surface area contributed by atoms with Crippen molar-refractivity contribution < 1.29 is 4.74 Å². The Morgan fingerprint density at radius 1 is 1.50 bits per heavy atom. The normalized spacial score (nSPS) is 26.4. The van der Waals surface area contributed by atoms with Crippen molar-refractivity contribution >= 4 is 17.4 Å². The monoisotopic (exact) mass is 213 g/mol. The fourth-order valence-corrected chi connectivity index (χ4v) is 1.56. The molecule has 0 saturated carbocycles. The van der Waals surface area contributed by atoms with E-state index < -0.39 is 0 Å². The summed E-state index contributed by atoms with van der Waals surface area (Å²) in [6.07, 6.45) is 0.983. The summed E-state index contributed by atoms with van der Waals surface area (Å²) in [6.45, 7) is 3.61. The number of nitrogens with one attached hydrogen (secondary N) is 1. The molecule has 76 valence electrons. The molecule has 1 saturated heterocycles. The van der Waals surface area contributed by atoms with E-state index in [-0.39, 0.29) is 5.54 Å². The molecular weight excluding hydrogens is 202 g/mol. The number of hydrogen-bond acceptors (Lipinski definition) is 4. The van der Waals surface area contributed by atoms with Crippen molar-refractivity contribution in [1.29, 1.82) is 0 Å². The molecule has 5 heteroatoms. The molecule has 1 unspecified atom stereocenters. The maximum atomic E-state index is 5.64. The van der Waals surface area contributed by atoms with Gasteiger partial charge in [-0.3, -0.25) is 0 Å². The van der Waals surface area contributed by atoms with E-state index in [0.29, 0.717) is 11.8 Å². The molecule has 2 heterocycles. The molecule has 0 aromatic carbocycles. The van der Waals surface area contributed by atoms with Crippen molar-refractivity contribution in [3.05, 3.63) is 17.3 Å². The Morgan fingerprint density at radius 2 is 2.36 bits per heavy atom. The van der Waals surface area contributed by atoms with E-state index in [4.69, 9.17) is 16.3 Å². The Labute approximate surface area is 87.6 Å². The number of nitrogens with zero attached hydrogens (tertiary/aromatic N) is 2. The number of ether oxygens (including phenoxy) is 1. The van der Waals surface area contributed by atoms with Gasteiger partial charge in [-0.05, 0) is 25.5 Å². The van der Waals surface area contributed by atoms with Crippen molar-refractivity contribution in [2.24, 2.45) is 0 Å². The summed E-state index contributed by atoms with van der Waals surface area (Å²) in [5, 5.41) is 11.4. The number of hydrogen-bond donors (Lipinski definition) is 1. The van der Waals surface area contributed by atoms with Gasteiger partial charge in [0.25, 0.3) is 0 Å². The first-order chi connectivity index (χ1) is 6.68. The zero-order valence-electron chi connectivity index (χ0n) is 7.96. The van der Waals surface area contributed by atoms with Crippen LogP contribution < -0.4 is 5.32 Å². The van der Waals surface area contributed by atoms with Crippen LogP contribution in [0.4, 0.5) is 5.82 Å². The molecular formula is C9H12ClN3O. The molecule has 1 aliphatic heterocycles. The van der Waals surface area contributed by atoms with Crippen LogP contribution in [-0.2, 0) is 4.74 Å². The van der Waals surface area contributed by atoms with Crippen LogP contribution in [0.3, 0.4) is 0 Å². The highest BCUT2D eigenvalue weighted by molar-refractivity contribution is 6.29. The van der Waals surface area contributed by atoms with Crippen LogP contribution in [0.25, 0.3) is 0 Å². The van der Waals surface area contributed by atoms with Crippen LogP contribution in [0.15, 0.2) is 12.1 Å². The van der Waals surface area contributed by atoms with Gasteiger partial charge in [-0.2, -0.15) is 0 Å². The molecule has 1 atom stereocenters. The van der Waals surface area contributed by atoms with E-state index >= 15 is 0 Å². The Morgan fingerprint density at radius 3 is 2.93 bits per heavy atom. The first-order valence-corrected chi connectivity index (χ1v) is 4.91. The minimum Gasteiger partial charge on any atom is -0.379 e. The van der Waals surface area contributed by atoms with Gasteiger partial charge in [-0.15, -0.1) is 10.2 Å². The average molecular weight is 214 g/mol. The number of anilines is 1. The zero-order valence-corrected chi connectivity index (χ0v) is 8.71. The van der Waals surface area contributed by atoms with Gasteiger partial charge in [0.15, 0.2) is 5.15 Å². The van der Waals surface area contributed by atoms with Gasteiger partial charge < -0.3 is 10.1 Å². The Kier molecular flexibility index (Phi) is 2.56. The minimum atomic E-state index is -0.0253. The van der Waals surface area contributed by atoms with Crippen LogP contribution in [0, 0.1) is 0 Å². The molecule has 1 aromatic heterocycles. The van der Waals surface area contributed by atoms with E-state index in [1.807, 2.05) is 6.07 Å². The Balaban J connectivity index is 2.06. The van der Waals surface area contributed by atoms with Crippen LogP contribution in [0.5, 0.6) is 0 Å². The minimum absolute atomic E-state index is 0.0253. The summed E-state index contributed by atoms with van der Waals surface area (Å²) in [7, 11) is 0. The fourth-order valence-electron chi connectivity index (χ4n) is 1.46. The molecule has 1 aromatic rings. The summed E-state index contributed by atoms with van der Waals surface area (Å²) in [5.74, 6) is 0.738. The second-order valence-electron chi connectivity index (χ2n) is 3.73. The molecule has 0 radical (unpaired) electrons. The van der Waals surface area contributed by atoms with Crippen molar-refractivity contribution in [2.75, 3.05) is 18.5 Å². The largest absolute Gasteiger partial charge is 0.379 e. The molecule has 14 heavy (non-hydrogen) atoms. The number of aromatic nitrogens is 2.